The zero-order chi connectivity index (χ0) is 24.9. The van der Waals surface area contributed by atoms with Crippen LogP contribution in [0.1, 0.15) is 106 Å². The predicted molar refractivity (Wildman–Crippen MR) is 127 cm³/mol. The highest BCUT2D eigenvalue weighted by Gasteiger charge is 2.44. The van der Waals surface area contributed by atoms with Crippen LogP contribution in [0.4, 0.5) is 4.79 Å². The second-order valence-corrected chi connectivity index (χ2v) is 11.7. The first-order valence-electron chi connectivity index (χ1n) is 12.7. The van der Waals surface area contributed by atoms with Crippen molar-refractivity contribution < 1.29 is 28.6 Å². The molecule has 7 nitrogen and oxygen atoms in total. The molecule has 1 saturated carbocycles. The van der Waals surface area contributed by atoms with Gasteiger partial charge >= 0.3 is 18.0 Å². The Morgan fingerprint density at radius 1 is 0.788 bits per heavy atom. The number of amides is 1. The standard InChI is InChI=1S/C26H45NO6/c1-8-26(7,22(29)32-19-12-10-9-11-13-19)18-25(5,6)21(28)31-20-14-16-27(17-15-20)23(30)33-24(2,3)4/h19-20H,8-18H2,1-7H3. The molecule has 1 heterocycles. The minimum Gasteiger partial charge on any atom is -0.462 e. The highest BCUT2D eigenvalue weighted by molar-refractivity contribution is 5.80. The second kappa shape index (κ2) is 11.1. The Morgan fingerprint density at radius 3 is 1.82 bits per heavy atom. The van der Waals surface area contributed by atoms with E-state index in [-0.39, 0.29) is 30.2 Å². The first-order chi connectivity index (χ1) is 15.3. The second-order valence-electron chi connectivity index (χ2n) is 11.7. The van der Waals surface area contributed by atoms with Crippen LogP contribution >= 0.6 is 0 Å². The molecule has 1 atom stereocenters. The summed E-state index contributed by atoms with van der Waals surface area (Å²) in [6, 6.07) is 0. The number of ether oxygens (including phenoxy) is 3. The molecule has 2 aliphatic rings. The summed E-state index contributed by atoms with van der Waals surface area (Å²) in [7, 11) is 0. The Balaban J connectivity index is 1.88. The quantitative estimate of drug-likeness (QED) is 0.356. The van der Waals surface area contributed by atoms with E-state index in [1.807, 2.05) is 48.5 Å². The fraction of sp³-hybridized carbons (Fsp3) is 0.885. The molecule has 1 aliphatic heterocycles. The molecule has 33 heavy (non-hydrogen) atoms. The van der Waals surface area contributed by atoms with Crippen molar-refractivity contribution in [3.63, 3.8) is 0 Å². The van der Waals surface area contributed by atoms with Gasteiger partial charge in [-0.1, -0.05) is 13.3 Å². The molecule has 0 radical (unpaired) electrons. The van der Waals surface area contributed by atoms with E-state index in [1.54, 1.807) is 4.90 Å². The van der Waals surface area contributed by atoms with Crippen LogP contribution in [0.2, 0.25) is 0 Å². The normalized spacial score (nSPS) is 20.6. The van der Waals surface area contributed by atoms with E-state index in [0.29, 0.717) is 38.8 Å². The van der Waals surface area contributed by atoms with Crippen molar-refractivity contribution in [1.29, 1.82) is 0 Å². The van der Waals surface area contributed by atoms with Gasteiger partial charge in [-0.25, -0.2) is 4.79 Å². The predicted octanol–water partition coefficient (Wildman–Crippen LogP) is 5.64. The van der Waals surface area contributed by atoms with Crippen LogP contribution in [-0.2, 0) is 23.8 Å². The number of rotatable bonds is 7. The maximum absolute atomic E-state index is 13.1. The third-order valence-corrected chi connectivity index (χ3v) is 6.85. The molecular formula is C26H45NO6. The van der Waals surface area contributed by atoms with Gasteiger partial charge in [0, 0.05) is 25.9 Å². The van der Waals surface area contributed by atoms with Gasteiger partial charge in [0.15, 0.2) is 0 Å². The average Bonchev–Trinajstić information content (AvgIpc) is 2.73. The van der Waals surface area contributed by atoms with Crippen molar-refractivity contribution in [2.45, 2.75) is 124 Å². The van der Waals surface area contributed by atoms with Crippen LogP contribution < -0.4 is 0 Å². The molecule has 0 spiro atoms. The summed E-state index contributed by atoms with van der Waals surface area (Å²) in [5.41, 5.74) is -2.09. The molecule has 2 fully saturated rings. The van der Waals surface area contributed by atoms with E-state index in [1.165, 1.54) is 6.42 Å². The van der Waals surface area contributed by atoms with Gasteiger partial charge in [-0.15, -0.1) is 0 Å². The topological polar surface area (TPSA) is 82.1 Å². The van der Waals surface area contributed by atoms with Gasteiger partial charge < -0.3 is 19.1 Å². The fourth-order valence-electron chi connectivity index (χ4n) is 4.66. The third-order valence-electron chi connectivity index (χ3n) is 6.85. The average molecular weight is 468 g/mol. The van der Waals surface area contributed by atoms with Crippen LogP contribution in [0, 0.1) is 10.8 Å². The first-order valence-corrected chi connectivity index (χ1v) is 12.7. The summed E-state index contributed by atoms with van der Waals surface area (Å²) in [5.74, 6) is -0.508. The van der Waals surface area contributed by atoms with Crippen LogP contribution in [0.15, 0.2) is 0 Å². The van der Waals surface area contributed by atoms with E-state index in [2.05, 4.69) is 0 Å². The molecule has 1 saturated heterocycles. The van der Waals surface area contributed by atoms with E-state index in [4.69, 9.17) is 14.2 Å². The monoisotopic (exact) mass is 467 g/mol. The van der Waals surface area contributed by atoms with E-state index < -0.39 is 16.4 Å². The molecule has 0 aromatic rings. The Morgan fingerprint density at radius 2 is 1.30 bits per heavy atom. The SMILES string of the molecule is CCC(C)(CC(C)(C)C(=O)OC1CCN(C(=O)OC(C)(C)C)CC1)C(=O)OC1CCCCC1. The van der Waals surface area contributed by atoms with Gasteiger partial charge in [0.05, 0.1) is 10.8 Å². The Labute approximate surface area is 199 Å². The molecular weight excluding hydrogens is 422 g/mol. The van der Waals surface area contributed by atoms with Gasteiger partial charge in [-0.3, -0.25) is 9.59 Å². The molecule has 7 heteroatoms. The number of piperidine rings is 1. The van der Waals surface area contributed by atoms with Crippen molar-refractivity contribution in [1.82, 2.24) is 4.90 Å². The molecule has 0 N–H and O–H groups in total. The van der Waals surface area contributed by atoms with E-state index >= 15 is 0 Å². The highest BCUT2D eigenvalue weighted by atomic mass is 16.6. The van der Waals surface area contributed by atoms with E-state index in [0.717, 1.165) is 25.7 Å². The zero-order valence-corrected chi connectivity index (χ0v) is 21.8. The van der Waals surface area contributed by atoms with Gasteiger partial charge in [-0.05, 0) is 80.1 Å². The lowest BCUT2D eigenvalue weighted by molar-refractivity contribution is -0.170. The van der Waals surface area contributed by atoms with Crippen molar-refractivity contribution in [2.24, 2.45) is 10.8 Å². The van der Waals surface area contributed by atoms with E-state index in [9.17, 15) is 14.4 Å². The largest absolute Gasteiger partial charge is 0.462 e. The number of likely N-dealkylation sites (tertiary alicyclic amines) is 1. The molecule has 1 amide bonds. The summed E-state index contributed by atoms with van der Waals surface area (Å²) in [4.78, 5) is 40.0. The third kappa shape index (κ3) is 8.18. The number of carbonyl (C=O) groups is 3. The first kappa shape index (κ1) is 27.5. The van der Waals surface area contributed by atoms with Crippen molar-refractivity contribution in [3.8, 4) is 0 Å². The highest BCUT2D eigenvalue weighted by Crippen LogP contribution is 2.40. The minimum absolute atomic E-state index is 0.00217. The summed E-state index contributed by atoms with van der Waals surface area (Å²) in [5, 5.41) is 0. The lowest BCUT2D eigenvalue weighted by atomic mass is 9.72. The number of hydrogen-bond acceptors (Lipinski definition) is 6. The van der Waals surface area contributed by atoms with Gasteiger partial charge in [0.1, 0.15) is 17.8 Å². The van der Waals surface area contributed by atoms with Crippen molar-refractivity contribution in [2.75, 3.05) is 13.1 Å². The number of esters is 2. The lowest BCUT2D eigenvalue weighted by Crippen LogP contribution is -2.45. The Hall–Kier alpha value is -1.79. The summed E-state index contributed by atoms with van der Waals surface area (Å²) in [6.07, 6.45) is 6.83. The maximum atomic E-state index is 13.1. The van der Waals surface area contributed by atoms with Gasteiger partial charge in [0.2, 0.25) is 0 Å². The van der Waals surface area contributed by atoms with Gasteiger partial charge in [-0.2, -0.15) is 0 Å². The zero-order valence-electron chi connectivity index (χ0n) is 21.8. The number of carbonyl (C=O) groups excluding carboxylic acids is 3. The van der Waals surface area contributed by atoms with Gasteiger partial charge in [0.25, 0.3) is 0 Å². The molecule has 1 aliphatic carbocycles. The molecule has 190 valence electrons. The summed E-state index contributed by atoms with van der Waals surface area (Å²) in [6.45, 7) is 14.1. The van der Waals surface area contributed by atoms with Crippen molar-refractivity contribution >= 4 is 18.0 Å². The summed E-state index contributed by atoms with van der Waals surface area (Å²) >= 11 is 0. The van der Waals surface area contributed by atoms with Crippen LogP contribution in [0.25, 0.3) is 0 Å². The number of nitrogens with zero attached hydrogens (tertiary/aromatic N) is 1. The molecule has 2 rings (SSSR count). The Bertz CT molecular complexity index is 683. The Kier molecular flexibility index (Phi) is 9.23. The number of hydrogen-bond donors (Lipinski definition) is 0. The molecule has 0 aromatic heterocycles. The van der Waals surface area contributed by atoms with Crippen LogP contribution in [0.3, 0.4) is 0 Å². The van der Waals surface area contributed by atoms with Crippen LogP contribution in [0.5, 0.6) is 0 Å². The molecule has 1 unspecified atom stereocenters. The minimum atomic E-state index is -0.821. The molecule has 0 bridgehead atoms. The fourth-order valence-corrected chi connectivity index (χ4v) is 4.66. The summed E-state index contributed by atoms with van der Waals surface area (Å²) < 4.78 is 17.1. The smallest absolute Gasteiger partial charge is 0.410 e. The lowest BCUT2D eigenvalue weighted by Gasteiger charge is -2.37. The molecule has 0 aromatic carbocycles. The van der Waals surface area contributed by atoms with Crippen molar-refractivity contribution in [3.05, 3.63) is 0 Å². The van der Waals surface area contributed by atoms with Crippen LogP contribution in [-0.4, -0.2) is 53.8 Å². The maximum Gasteiger partial charge on any atom is 0.410 e.